The summed E-state index contributed by atoms with van der Waals surface area (Å²) >= 11 is 0. The molecule has 0 aromatic heterocycles. The summed E-state index contributed by atoms with van der Waals surface area (Å²) in [6.45, 7) is 3.70. The van der Waals surface area contributed by atoms with Crippen molar-refractivity contribution in [2.24, 2.45) is 0 Å². The number of aliphatic hydroxyl groups is 1. The second kappa shape index (κ2) is 4.55. The Kier molecular flexibility index (Phi) is 3.76. The van der Waals surface area contributed by atoms with E-state index in [9.17, 15) is 13.5 Å². The largest absolute Gasteiger partial charge is 0.390 e. The van der Waals surface area contributed by atoms with E-state index in [0.717, 1.165) is 5.56 Å². The van der Waals surface area contributed by atoms with Gasteiger partial charge in [-0.2, -0.15) is 0 Å². The van der Waals surface area contributed by atoms with Crippen LogP contribution in [-0.4, -0.2) is 25.4 Å². The minimum Gasteiger partial charge on any atom is -0.390 e. The topological polar surface area (TPSA) is 54.4 Å². The lowest BCUT2D eigenvalue weighted by Crippen LogP contribution is -2.25. The van der Waals surface area contributed by atoms with Gasteiger partial charge >= 0.3 is 0 Å². The summed E-state index contributed by atoms with van der Waals surface area (Å²) in [7, 11) is -3.13. The van der Waals surface area contributed by atoms with Crippen LogP contribution in [0.15, 0.2) is 29.2 Å². The molecule has 0 spiro atoms. The molecule has 1 atom stereocenters. The average molecular weight is 242 g/mol. The van der Waals surface area contributed by atoms with Crippen molar-refractivity contribution < 1.29 is 13.5 Å². The van der Waals surface area contributed by atoms with Crippen molar-refractivity contribution >= 4 is 9.84 Å². The molecule has 0 aliphatic rings. The molecule has 1 aromatic carbocycles. The lowest BCUT2D eigenvalue weighted by Gasteiger charge is -2.21. The van der Waals surface area contributed by atoms with Gasteiger partial charge in [0.15, 0.2) is 9.84 Å². The molecule has 0 radical (unpaired) electrons. The summed E-state index contributed by atoms with van der Waals surface area (Å²) < 4.78 is 22.5. The zero-order chi connectivity index (χ0) is 12.4. The third-order valence-electron chi connectivity index (χ3n) is 2.70. The molecule has 0 fully saturated rings. The molecule has 0 bridgehead atoms. The number of sulfone groups is 1. The van der Waals surface area contributed by atoms with E-state index >= 15 is 0 Å². The lowest BCUT2D eigenvalue weighted by molar-refractivity contribution is 0.0564. The predicted molar refractivity (Wildman–Crippen MR) is 64.2 cm³/mol. The van der Waals surface area contributed by atoms with Gasteiger partial charge in [0, 0.05) is 12.7 Å². The molecule has 90 valence electrons. The Morgan fingerprint density at radius 1 is 1.25 bits per heavy atom. The van der Waals surface area contributed by atoms with Gasteiger partial charge in [-0.3, -0.25) is 0 Å². The van der Waals surface area contributed by atoms with Crippen LogP contribution < -0.4 is 0 Å². The highest BCUT2D eigenvalue weighted by Crippen LogP contribution is 2.18. The highest BCUT2D eigenvalue weighted by molar-refractivity contribution is 7.90. The van der Waals surface area contributed by atoms with E-state index in [1.54, 1.807) is 31.2 Å². The Hall–Kier alpha value is -0.870. The maximum absolute atomic E-state index is 11.2. The minimum absolute atomic E-state index is 0.312. The van der Waals surface area contributed by atoms with E-state index < -0.39 is 15.4 Å². The quantitative estimate of drug-likeness (QED) is 0.875. The Labute approximate surface area is 97.0 Å². The molecule has 3 nitrogen and oxygen atoms in total. The van der Waals surface area contributed by atoms with Crippen LogP contribution in [0, 0.1) is 0 Å². The first-order valence-electron chi connectivity index (χ1n) is 5.26. The molecule has 0 saturated carbocycles. The maximum Gasteiger partial charge on any atom is 0.175 e. The van der Waals surface area contributed by atoms with Crippen LogP contribution >= 0.6 is 0 Å². The van der Waals surface area contributed by atoms with Crippen LogP contribution in [0.3, 0.4) is 0 Å². The summed E-state index contributed by atoms with van der Waals surface area (Å²) in [5.74, 6) is 0. The second-order valence-corrected chi connectivity index (χ2v) is 6.46. The monoisotopic (exact) mass is 242 g/mol. The summed E-state index contributed by atoms with van der Waals surface area (Å²) in [4.78, 5) is 0.312. The van der Waals surface area contributed by atoms with E-state index in [0.29, 0.717) is 17.7 Å². The van der Waals surface area contributed by atoms with Crippen LogP contribution in [0.4, 0.5) is 0 Å². The van der Waals surface area contributed by atoms with Gasteiger partial charge in [0.05, 0.1) is 10.5 Å². The average Bonchev–Trinajstić information content (AvgIpc) is 2.16. The van der Waals surface area contributed by atoms with Crippen molar-refractivity contribution in [1.29, 1.82) is 0 Å². The molecule has 1 rings (SSSR count). The first-order valence-corrected chi connectivity index (χ1v) is 7.15. The van der Waals surface area contributed by atoms with Gasteiger partial charge in [-0.1, -0.05) is 19.1 Å². The van der Waals surface area contributed by atoms with Gasteiger partial charge in [-0.25, -0.2) is 8.42 Å². The zero-order valence-corrected chi connectivity index (χ0v) is 10.7. The molecule has 1 unspecified atom stereocenters. The normalized spacial score (nSPS) is 15.8. The summed E-state index contributed by atoms with van der Waals surface area (Å²) in [6.07, 6.45) is 2.39. The highest BCUT2D eigenvalue weighted by atomic mass is 32.2. The molecule has 1 N–H and O–H groups in total. The molecule has 0 aliphatic carbocycles. The van der Waals surface area contributed by atoms with E-state index in [-0.39, 0.29) is 0 Å². The third-order valence-corrected chi connectivity index (χ3v) is 3.83. The molecule has 0 amide bonds. The van der Waals surface area contributed by atoms with Crippen LogP contribution in [0.1, 0.15) is 25.8 Å². The van der Waals surface area contributed by atoms with E-state index in [1.165, 1.54) is 6.26 Å². The highest BCUT2D eigenvalue weighted by Gasteiger charge is 2.18. The van der Waals surface area contributed by atoms with Crippen molar-refractivity contribution in [2.75, 3.05) is 6.26 Å². The van der Waals surface area contributed by atoms with Crippen LogP contribution in [-0.2, 0) is 16.3 Å². The molecule has 0 aliphatic heterocycles. The molecule has 0 saturated heterocycles. The lowest BCUT2D eigenvalue weighted by atomic mass is 9.94. The van der Waals surface area contributed by atoms with E-state index in [2.05, 4.69) is 0 Å². The Morgan fingerprint density at radius 2 is 1.75 bits per heavy atom. The second-order valence-electron chi connectivity index (χ2n) is 4.44. The third kappa shape index (κ3) is 3.61. The van der Waals surface area contributed by atoms with Gasteiger partial charge in [0.2, 0.25) is 0 Å². The van der Waals surface area contributed by atoms with Gasteiger partial charge in [0.25, 0.3) is 0 Å². The van der Waals surface area contributed by atoms with Crippen molar-refractivity contribution in [3.8, 4) is 0 Å². The fourth-order valence-corrected chi connectivity index (χ4v) is 2.05. The fraction of sp³-hybridized carbons (Fsp3) is 0.500. The first kappa shape index (κ1) is 13.2. The molecule has 16 heavy (non-hydrogen) atoms. The van der Waals surface area contributed by atoms with Crippen LogP contribution in [0.5, 0.6) is 0 Å². The first-order chi connectivity index (χ1) is 7.24. The zero-order valence-electron chi connectivity index (χ0n) is 9.90. The number of benzene rings is 1. The number of hydrogen-bond donors (Lipinski definition) is 1. The standard InChI is InChI=1S/C12H18O3S/c1-4-12(2,13)9-10-5-7-11(8-6-10)16(3,14)15/h5-8,13H,4,9H2,1-3H3. The molecule has 4 heteroatoms. The van der Waals surface area contributed by atoms with Crippen LogP contribution in [0.25, 0.3) is 0 Å². The number of hydrogen-bond acceptors (Lipinski definition) is 3. The summed E-state index contributed by atoms with van der Waals surface area (Å²) in [6, 6.07) is 6.66. The summed E-state index contributed by atoms with van der Waals surface area (Å²) in [5, 5.41) is 9.89. The molecular weight excluding hydrogens is 224 g/mol. The Bertz CT molecular complexity index is 444. The van der Waals surface area contributed by atoms with E-state index in [1.807, 2.05) is 6.92 Å². The maximum atomic E-state index is 11.2. The smallest absolute Gasteiger partial charge is 0.175 e. The van der Waals surface area contributed by atoms with Gasteiger partial charge in [-0.15, -0.1) is 0 Å². The molecule has 0 heterocycles. The molecular formula is C12H18O3S. The van der Waals surface area contributed by atoms with Crippen molar-refractivity contribution in [3.05, 3.63) is 29.8 Å². The minimum atomic E-state index is -3.13. The van der Waals surface area contributed by atoms with Crippen molar-refractivity contribution in [2.45, 2.75) is 37.2 Å². The van der Waals surface area contributed by atoms with Gasteiger partial charge in [-0.05, 0) is 31.0 Å². The van der Waals surface area contributed by atoms with Crippen molar-refractivity contribution in [1.82, 2.24) is 0 Å². The van der Waals surface area contributed by atoms with Gasteiger partial charge in [0.1, 0.15) is 0 Å². The molecule has 1 aromatic rings. The fourth-order valence-electron chi connectivity index (χ4n) is 1.42. The summed E-state index contributed by atoms with van der Waals surface area (Å²) in [5.41, 5.74) is 0.214. The van der Waals surface area contributed by atoms with Gasteiger partial charge < -0.3 is 5.11 Å². The number of rotatable bonds is 4. The van der Waals surface area contributed by atoms with Crippen LogP contribution in [0.2, 0.25) is 0 Å². The Balaban J connectivity index is 2.89. The predicted octanol–water partition coefficient (Wildman–Crippen LogP) is 1.79. The Morgan fingerprint density at radius 3 is 2.12 bits per heavy atom. The van der Waals surface area contributed by atoms with E-state index in [4.69, 9.17) is 0 Å². The van der Waals surface area contributed by atoms with Crippen molar-refractivity contribution in [3.63, 3.8) is 0 Å². The SMILES string of the molecule is CCC(C)(O)Cc1ccc(S(C)(=O)=O)cc1.